The highest BCUT2D eigenvalue weighted by molar-refractivity contribution is 14.1. The number of benzene rings is 2. The number of nitro groups is 1. The highest BCUT2D eigenvalue weighted by Crippen LogP contribution is 2.34. The molecule has 2 aromatic carbocycles. The fraction of sp³-hybridized carbons (Fsp3) is 0.111. The molecule has 0 fully saturated rings. The summed E-state index contributed by atoms with van der Waals surface area (Å²) in [6, 6.07) is 11.9. The lowest BCUT2D eigenvalue weighted by molar-refractivity contribution is -0.385. The fourth-order valence-electron chi connectivity index (χ4n) is 2.24. The smallest absolute Gasteiger partial charge is 0.312 e. The van der Waals surface area contributed by atoms with Crippen LogP contribution in [0.15, 0.2) is 42.0 Å². The zero-order chi connectivity index (χ0) is 19.3. The maximum absolute atomic E-state index is 12.4. The van der Waals surface area contributed by atoms with Crippen molar-refractivity contribution in [3.63, 3.8) is 0 Å². The molecule has 1 amide bonds. The van der Waals surface area contributed by atoms with Gasteiger partial charge >= 0.3 is 5.69 Å². The Morgan fingerprint density at radius 3 is 2.65 bits per heavy atom. The summed E-state index contributed by atoms with van der Waals surface area (Å²) >= 11 is 1.90. The Hall–Kier alpha value is -2.93. The van der Waals surface area contributed by atoms with Crippen LogP contribution in [0.3, 0.4) is 0 Å². The third-order valence-corrected chi connectivity index (χ3v) is 4.32. The van der Waals surface area contributed by atoms with Gasteiger partial charge in [-0.2, -0.15) is 5.26 Å². The predicted molar refractivity (Wildman–Crippen MR) is 106 cm³/mol. The van der Waals surface area contributed by atoms with Crippen LogP contribution in [0.25, 0.3) is 6.08 Å². The van der Waals surface area contributed by atoms with Crippen molar-refractivity contribution < 1.29 is 14.5 Å². The van der Waals surface area contributed by atoms with Gasteiger partial charge in [-0.15, -0.1) is 0 Å². The molecule has 8 heteroatoms. The summed E-state index contributed by atoms with van der Waals surface area (Å²) in [5.74, 6) is -0.453. The van der Waals surface area contributed by atoms with E-state index in [2.05, 4.69) is 5.32 Å². The van der Waals surface area contributed by atoms with Gasteiger partial charge in [0.05, 0.1) is 15.6 Å². The second-order valence-corrected chi connectivity index (χ2v) is 6.41. The van der Waals surface area contributed by atoms with Crippen LogP contribution in [0.4, 0.5) is 11.4 Å². The SMILES string of the molecule is COc1c(I)cc(/C=C(/C#N)C(=O)Nc2ccccc2C)cc1[N+](=O)[O-]. The van der Waals surface area contributed by atoms with Gasteiger partial charge in [0, 0.05) is 11.8 Å². The molecule has 0 aliphatic heterocycles. The summed E-state index contributed by atoms with van der Waals surface area (Å²) in [5.41, 5.74) is 1.41. The van der Waals surface area contributed by atoms with E-state index in [9.17, 15) is 20.2 Å². The number of halogens is 1. The zero-order valence-electron chi connectivity index (χ0n) is 13.9. The van der Waals surface area contributed by atoms with Crippen LogP contribution in [0, 0.1) is 31.9 Å². The average molecular weight is 463 g/mol. The number of hydrogen-bond acceptors (Lipinski definition) is 5. The number of methoxy groups -OCH3 is 1. The quantitative estimate of drug-likeness (QED) is 0.237. The summed E-state index contributed by atoms with van der Waals surface area (Å²) in [6.45, 7) is 1.83. The standard InChI is InChI=1S/C18H14IN3O4/c1-11-5-3-4-6-15(11)21-18(23)13(10-20)7-12-8-14(19)17(26-2)16(9-12)22(24)25/h3-9H,1-2H3,(H,21,23)/b13-7-. The van der Waals surface area contributed by atoms with E-state index in [1.807, 2.05) is 47.7 Å². The minimum atomic E-state index is -0.588. The van der Waals surface area contributed by atoms with Crippen LogP contribution >= 0.6 is 22.6 Å². The largest absolute Gasteiger partial charge is 0.489 e. The van der Waals surface area contributed by atoms with Crippen molar-refractivity contribution >= 4 is 45.9 Å². The molecule has 0 aromatic heterocycles. The average Bonchev–Trinajstić information content (AvgIpc) is 2.60. The van der Waals surface area contributed by atoms with Gasteiger partial charge in [0.25, 0.3) is 5.91 Å². The van der Waals surface area contributed by atoms with E-state index in [-0.39, 0.29) is 17.0 Å². The molecule has 0 heterocycles. The number of nitro benzene ring substituents is 1. The highest BCUT2D eigenvalue weighted by atomic mass is 127. The molecule has 26 heavy (non-hydrogen) atoms. The van der Waals surface area contributed by atoms with Crippen molar-refractivity contribution in [1.29, 1.82) is 5.26 Å². The molecule has 0 bridgehead atoms. The lowest BCUT2D eigenvalue weighted by Gasteiger charge is -2.08. The Bertz CT molecular complexity index is 948. The monoisotopic (exact) mass is 463 g/mol. The van der Waals surface area contributed by atoms with Gasteiger partial charge in [-0.3, -0.25) is 14.9 Å². The van der Waals surface area contributed by atoms with Crippen molar-refractivity contribution in [3.8, 4) is 11.8 Å². The normalized spacial score (nSPS) is 10.8. The summed E-state index contributed by atoms with van der Waals surface area (Å²) in [7, 11) is 1.34. The molecule has 2 rings (SSSR count). The molecule has 0 radical (unpaired) electrons. The van der Waals surface area contributed by atoms with Gasteiger partial charge < -0.3 is 10.1 Å². The molecule has 0 spiro atoms. The van der Waals surface area contributed by atoms with Crippen LogP contribution in [-0.4, -0.2) is 17.9 Å². The number of anilines is 1. The molecule has 0 unspecified atom stereocenters. The van der Waals surface area contributed by atoms with Crippen LogP contribution in [-0.2, 0) is 4.79 Å². The number of rotatable bonds is 5. The number of nitrogens with zero attached hydrogens (tertiary/aromatic N) is 2. The van der Waals surface area contributed by atoms with Gasteiger partial charge in [-0.1, -0.05) is 18.2 Å². The minimum absolute atomic E-state index is 0.135. The maximum atomic E-state index is 12.4. The molecule has 0 saturated carbocycles. The molecule has 0 aliphatic rings. The number of carbonyl (C=O) groups excluding carboxylic acids is 1. The van der Waals surface area contributed by atoms with Crippen molar-refractivity contribution in [2.75, 3.05) is 12.4 Å². The summed E-state index contributed by atoms with van der Waals surface area (Å²) in [4.78, 5) is 23.0. The number of nitriles is 1. The third-order valence-electron chi connectivity index (χ3n) is 3.52. The molecule has 132 valence electrons. The molecule has 0 saturated heterocycles. The first kappa shape index (κ1) is 19.4. The predicted octanol–water partition coefficient (Wildman–Crippen LogP) is 4.06. The Morgan fingerprint density at radius 1 is 1.38 bits per heavy atom. The number of ether oxygens (including phenoxy) is 1. The van der Waals surface area contributed by atoms with E-state index in [1.54, 1.807) is 18.2 Å². The Kier molecular flexibility index (Phi) is 6.30. The number of aryl methyl sites for hydroxylation is 1. The van der Waals surface area contributed by atoms with E-state index in [1.165, 1.54) is 19.3 Å². The fourth-order valence-corrected chi connectivity index (χ4v) is 3.09. The summed E-state index contributed by atoms with van der Waals surface area (Å²) in [5, 5.41) is 23.2. The topological polar surface area (TPSA) is 105 Å². The second-order valence-electron chi connectivity index (χ2n) is 5.25. The molecular formula is C18H14IN3O4. The molecule has 0 atom stereocenters. The number of nitrogens with one attached hydrogen (secondary N) is 1. The molecule has 7 nitrogen and oxygen atoms in total. The van der Waals surface area contributed by atoms with Crippen LogP contribution in [0.5, 0.6) is 5.75 Å². The zero-order valence-corrected chi connectivity index (χ0v) is 16.1. The van der Waals surface area contributed by atoms with Crippen LogP contribution in [0.1, 0.15) is 11.1 Å². The van der Waals surface area contributed by atoms with Gasteiger partial charge in [-0.25, -0.2) is 0 Å². The van der Waals surface area contributed by atoms with E-state index < -0.39 is 10.8 Å². The molecule has 2 aromatic rings. The maximum Gasteiger partial charge on any atom is 0.312 e. The van der Waals surface area contributed by atoms with Crippen molar-refractivity contribution in [2.24, 2.45) is 0 Å². The first-order valence-electron chi connectivity index (χ1n) is 7.38. The molecular weight excluding hydrogens is 449 g/mol. The molecule has 0 aliphatic carbocycles. The first-order chi connectivity index (χ1) is 12.4. The number of carbonyl (C=O) groups is 1. The van der Waals surface area contributed by atoms with Gasteiger partial charge in [0.1, 0.15) is 11.6 Å². The van der Waals surface area contributed by atoms with Gasteiger partial charge in [0.15, 0.2) is 0 Å². The van der Waals surface area contributed by atoms with Crippen LogP contribution < -0.4 is 10.1 Å². The van der Waals surface area contributed by atoms with E-state index in [0.717, 1.165) is 5.56 Å². The number of hydrogen-bond donors (Lipinski definition) is 1. The minimum Gasteiger partial charge on any atom is -0.489 e. The van der Waals surface area contributed by atoms with Crippen LogP contribution in [0.2, 0.25) is 0 Å². The second kappa shape index (κ2) is 8.44. The van der Waals surface area contributed by atoms with E-state index in [0.29, 0.717) is 14.8 Å². The first-order valence-corrected chi connectivity index (χ1v) is 8.46. The van der Waals surface area contributed by atoms with Crippen molar-refractivity contribution in [3.05, 3.63) is 66.8 Å². The Labute approximate surface area is 163 Å². The van der Waals surface area contributed by atoms with E-state index >= 15 is 0 Å². The summed E-state index contributed by atoms with van der Waals surface area (Å²) < 4.78 is 5.55. The lowest BCUT2D eigenvalue weighted by Crippen LogP contribution is -2.14. The van der Waals surface area contributed by atoms with Gasteiger partial charge in [0.2, 0.25) is 5.75 Å². The molecule has 1 N–H and O–H groups in total. The number of para-hydroxylation sites is 1. The van der Waals surface area contributed by atoms with E-state index in [4.69, 9.17) is 4.74 Å². The Morgan fingerprint density at radius 2 is 2.08 bits per heavy atom. The third kappa shape index (κ3) is 4.37. The highest BCUT2D eigenvalue weighted by Gasteiger charge is 2.20. The van der Waals surface area contributed by atoms with Crippen molar-refractivity contribution in [2.45, 2.75) is 6.92 Å². The summed E-state index contributed by atoms with van der Waals surface area (Å²) in [6.07, 6.45) is 1.31. The Balaban J connectivity index is 2.40. The van der Waals surface area contributed by atoms with Gasteiger partial charge in [-0.05, 0) is 58.9 Å². The number of amides is 1. The lowest BCUT2D eigenvalue weighted by atomic mass is 10.1. The van der Waals surface area contributed by atoms with Crippen molar-refractivity contribution in [1.82, 2.24) is 0 Å².